The molecule has 0 saturated heterocycles. The molecule has 1 rings (SSSR count). The van der Waals surface area contributed by atoms with Crippen molar-refractivity contribution in [2.24, 2.45) is 5.73 Å². The lowest BCUT2D eigenvalue weighted by Gasteiger charge is -2.13. The van der Waals surface area contributed by atoms with Crippen molar-refractivity contribution >= 4 is 5.97 Å². The normalized spacial score (nSPS) is 11.9. The van der Waals surface area contributed by atoms with Gasteiger partial charge in [0, 0.05) is 24.7 Å². The third-order valence-electron chi connectivity index (χ3n) is 2.65. The maximum Gasteiger partial charge on any atom is 0.304 e. The van der Waals surface area contributed by atoms with Crippen LogP contribution in [0.25, 0.3) is 0 Å². The van der Waals surface area contributed by atoms with Gasteiger partial charge in [0.05, 0.1) is 20.6 Å². The minimum absolute atomic E-state index is 0.0533. The Morgan fingerprint density at radius 2 is 2.16 bits per heavy atom. The number of hydrogen-bond donors (Lipinski definition) is 3. The van der Waals surface area contributed by atoms with Crippen molar-refractivity contribution < 1.29 is 19.4 Å². The zero-order chi connectivity index (χ0) is 14.3. The number of hydrogen-bond acceptors (Lipinski definition) is 5. The van der Waals surface area contributed by atoms with E-state index >= 15 is 0 Å². The van der Waals surface area contributed by atoms with Crippen molar-refractivity contribution in [3.05, 3.63) is 23.8 Å². The number of nitrogens with two attached hydrogens (primary N) is 1. The highest BCUT2D eigenvalue weighted by atomic mass is 16.5. The van der Waals surface area contributed by atoms with E-state index in [-0.39, 0.29) is 6.42 Å². The third kappa shape index (κ3) is 5.15. The zero-order valence-electron chi connectivity index (χ0n) is 11.2. The Hall–Kier alpha value is -1.79. The molecule has 0 bridgehead atoms. The van der Waals surface area contributed by atoms with Crippen molar-refractivity contribution in [2.75, 3.05) is 20.8 Å². The molecule has 0 heterocycles. The molecule has 0 aromatic heterocycles. The fourth-order valence-corrected chi connectivity index (χ4v) is 1.71. The maximum atomic E-state index is 10.5. The Labute approximate surface area is 112 Å². The lowest BCUT2D eigenvalue weighted by Crippen LogP contribution is -2.35. The number of benzene rings is 1. The molecular weight excluding hydrogens is 248 g/mol. The fourth-order valence-electron chi connectivity index (χ4n) is 1.71. The second-order valence-corrected chi connectivity index (χ2v) is 4.17. The van der Waals surface area contributed by atoms with E-state index in [4.69, 9.17) is 20.3 Å². The summed E-state index contributed by atoms with van der Waals surface area (Å²) in [6, 6.07) is 5.11. The van der Waals surface area contributed by atoms with Crippen LogP contribution in [-0.2, 0) is 11.3 Å². The molecule has 0 amide bonds. The first-order chi connectivity index (χ1) is 9.06. The fraction of sp³-hybridized carbons (Fsp3) is 0.462. The van der Waals surface area contributed by atoms with Crippen molar-refractivity contribution in [3.8, 4) is 11.5 Å². The molecule has 0 spiro atoms. The molecule has 1 aromatic carbocycles. The summed E-state index contributed by atoms with van der Waals surface area (Å²) >= 11 is 0. The Balaban J connectivity index is 2.54. The number of carbonyl (C=O) groups is 1. The van der Waals surface area contributed by atoms with Crippen LogP contribution < -0.4 is 20.5 Å². The predicted octanol–water partition coefficient (Wildman–Crippen LogP) is 0.595. The van der Waals surface area contributed by atoms with E-state index < -0.39 is 12.0 Å². The van der Waals surface area contributed by atoms with Gasteiger partial charge in [-0.1, -0.05) is 0 Å². The topological polar surface area (TPSA) is 93.8 Å². The van der Waals surface area contributed by atoms with Gasteiger partial charge in [-0.25, -0.2) is 0 Å². The minimum Gasteiger partial charge on any atom is -0.497 e. The summed E-state index contributed by atoms with van der Waals surface area (Å²) in [6.45, 7) is 0.959. The van der Waals surface area contributed by atoms with Gasteiger partial charge in [0.25, 0.3) is 0 Å². The molecule has 1 unspecified atom stereocenters. The highest BCUT2D eigenvalue weighted by Crippen LogP contribution is 2.23. The molecule has 1 aromatic rings. The number of aliphatic carboxylic acids is 1. The predicted molar refractivity (Wildman–Crippen MR) is 71.5 cm³/mol. The minimum atomic E-state index is -0.895. The molecule has 0 fully saturated rings. The average molecular weight is 268 g/mol. The standard InChI is InChI=1S/C13H20N2O4/c1-18-11-3-4-12(19-2)9(5-11)7-15-8-10(14)6-13(16)17/h3-5,10,15H,6-8,14H2,1-2H3,(H,16,17). The highest BCUT2D eigenvalue weighted by Gasteiger charge is 2.09. The zero-order valence-corrected chi connectivity index (χ0v) is 11.2. The SMILES string of the molecule is COc1ccc(OC)c(CNCC(N)CC(=O)O)c1. The van der Waals surface area contributed by atoms with Gasteiger partial charge < -0.3 is 25.6 Å². The molecule has 0 aliphatic rings. The summed E-state index contributed by atoms with van der Waals surface area (Å²) in [5.41, 5.74) is 6.60. The second-order valence-electron chi connectivity index (χ2n) is 4.17. The van der Waals surface area contributed by atoms with E-state index in [2.05, 4.69) is 5.32 Å². The smallest absolute Gasteiger partial charge is 0.304 e. The maximum absolute atomic E-state index is 10.5. The summed E-state index contributed by atoms with van der Waals surface area (Å²) < 4.78 is 10.4. The molecule has 0 saturated carbocycles. The van der Waals surface area contributed by atoms with Crippen molar-refractivity contribution in [3.63, 3.8) is 0 Å². The van der Waals surface area contributed by atoms with Crippen LogP contribution in [0.2, 0.25) is 0 Å². The molecule has 106 valence electrons. The van der Waals surface area contributed by atoms with E-state index in [0.29, 0.717) is 13.1 Å². The van der Waals surface area contributed by atoms with Gasteiger partial charge >= 0.3 is 5.97 Å². The highest BCUT2D eigenvalue weighted by molar-refractivity contribution is 5.67. The van der Waals surface area contributed by atoms with Gasteiger partial charge in [-0.3, -0.25) is 4.79 Å². The molecule has 0 radical (unpaired) electrons. The van der Waals surface area contributed by atoms with Crippen LogP contribution in [0.5, 0.6) is 11.5 Å². The van der Waals surface area contributed by atoms with Gasteiger partial charge in [0.2, 0.25) is 0 Å². The van der Waals surface area contributed by atoms with Gasteiger partial charge in [-0.05, 0) is 18.2 Å². The van der Waals surface area contributed by atoms with Gasteiger partial charge in [0.1, 0.15) is 11.5 Å². The van der Waals surface area contributed by atoms with E-state index in [1.165, 1.54) is 0 Å². The lowest BCUT2D eigenvalue weighted by atomic mass is 10.1. The summed E-state index contributed by atoms with van der Waals surface area (Å²) in [4.78, 5) is 10.5. The summed E-state index contributed by atoms with van der Waals surface area (Å²) in [7, 11) is 3.20. The monoisotopic (exact) mass is 268 g/mol. The van der Waals surface area contributed by atoms with Crippen molar-refractivity contribution in [1.29, 1.82) is 0 Å². The molecule has 0 aliphatic carbocycles. The van der Waals surface area contributed by atoms with Crippen LogP contribution in [0.1, 0.15) is 12.0 Å². The quantitative estimate of drug-likeness (QED) is 0.639. The second kappa shape index (κ2) is 7.60. The molecule has 1 atom stereocenters. The third-order valence-corrected chi connectivity index (χ3v) is 2.65. The molecular formula is C13H20N2O4. The summed E-state index contributed by atoms with van der Waals surface area (Å²) in [6.07, 6.45) is -0.0533. The van der Waals surface area contributed by atoms with Crippen LogP contribution in [0.15, 0.2) is 18.2 Å². The average Bonchev–Trinajstić information content (AvgIpc) is 2.37. The summed E-state index contributed by atoms with van der Waals surface area (Å²) in [5.74, 6) is 0.598. The number of ether oxygens (including phenoxy) is 2. The van der Waals surface area contributed by atoms with Crippen LogP contribution in [0, 0.1) is 0 Å². The molecule has 19 heavy (non-hydrogen) atoms. The molecule has 4 N–H and O–H groups in total. The Morgan fingerprint density at radius 3 is 2.74 bits per heavy atom. The first-order valence-electron chi connectivity index (χ1n) is 5.95. The Bertz CT molecular complexity index is 423. The van der Waals surface area contributed by atoms with Gasteiger partial charge in [0.15, 0.2) is 0 Å². The van der Waals surface area contributed by atoms with E-state index in [1.54, 1.807) is 14.2 Å². The molecule has 0 aliphatic heterocycles. The molecule has 6 heteroatoms. The van der Waals surface area contributed by atoms with Crippen LogP contribution in [0.4, 0.5) is 0 Å². The lowest BCUT2D eigenvalue weighted by molar-refractivity contribution is -0.137. The first kappa shape index (κ1) is 15.3. The van der Waals surface area contributed by atoms with Crippen molar-refractivity contribution in [2.45, 2.75) is 19.0 Å². The van der Waals surface area contributed by atoms with Crippen molar-refractivity contribution in [1.82, 2.24) is 5.32 Å². The van der Waals surface area contributed by atoms with Gasteiger partial charge in [-0.2, -0.15) is 0 Å². The summed E-state index contributed by atoms with van der Waals surface area (Å²) in [5, 5.41) is 11.7. The number of nitrogens with one attached hydrogen (secondary N) is 1. The number of carboxylic acids is 1. The number of methoxy groups -OCH3 is 2. The largest absolute Gasteiger partial charge is 0.497 e. The number of carboxylic acid groups (broad SMARTS) is 1. The van der Waals surface area contributed by atoms with E-state index in [9.17, 15) is 4.79 Å². The van der Waals surface area contributed by atoms with Gasteiger partial charge in [-0.15, -0.1) is 0 Å². The van der Waals surface area contributed by atoms with E-state index in [1.807, 2.05) is 18.2 Å². The van der Waals surface area contributed by atoms with Crippen LogP contribution >= 0.6 is 0 Å². The van der Waals surface area contributed by atoms with Crippen LogP contribution in [-0.4, -0.2) is 37.9 Å². The first-order valence-corrected chi connectivity index (χ1v) is 5.95. The number of rotatable bonds is 8. The Morgan fingerprint density at radius 1 is 1.42 bits per heavy atom. The molecule has 6 nitrogen and oxygen atoms in total. The van der Waals surface area contributed by atoms with E-state index in [0.717, 1.165) is 17.1 Å². The van der Waals surface area contributed by atoms with Crippen LogP contribution in [0.3, 0.4) is 0 Å². The Kier molecular flexibility index (Phi) is 6.11.